The molecule has 3 heterocycles. The number of carboxylic acids is 1. The molecule has 612 valence electrons. The van der Waals surface area contributed by atoms with Crippen LogP contribution < -0.4 is 0 Å². The molecule has 0 aromatic carbocycles. The average molecular weight is 1510 g/mol. The summed E-state index contributed by atoms with van der Waals surface area (Å²) in [5.41, 5.74) is -2.95. The van der Waals surface area contributed by atoms with Crippen molar-refractivity contribution in [1.29, 1.82) is 0 Å². The molecule has 7 N–H and O–H groups in total. The van der Waals surface area contributed by atoms with Crippen molar-refractivity contribution >= 4 is 23.7 Å². The normalized spacial score (nSPS) is 55.4. The zero-order valence-corrected chi connectivity index (χ0v) is 70.8. The van der Waals surface area contributed by atoms with Gasteiger partial charge in [0.1, 0.15) is 6.54 Å². The lowest BCUT2D eigenvalue weighted by Crippen LogP contribution is -2.61. The first kappa shape index (κ1) is 77.9. The summed E-state index contributed by atoms with van der Waals surface area (Å²) >= 11 is 0. The first-order valence-electron chi connectivity index (χ1n) is 46.2. The molecule has 18 fully saturated rings. The number of nitrogens with zero attached hydrogens (tertiary/aromatic N) is 3. The fraction of sp³-hybridized carbons (Fsp3) is 0.958. The van der Waals surface area contributed by atoms with Gasteiger partial charge in [-0.05, 0) is 315 Å². The molecule has 15 saturated carbocycles. The van der Waals surface area contributed by atoms with Crippen LogP contribution in [0.1, 0.15) is 303 Å². The summed E-state index contributed by atoms with van der Waals surface area (Å²) in [6.07, 6.45) is 23.6. The van der Waals surface area contributed by atoms with Gasteiger partial charge < -0.3 is 50.4 Å². The summed E-state index contributed by atoms with van der Waals surface area (Å²) in [4.78, 5) is 68.3. The van der Waals surface area contributed by atoms with Gasteiger partial charge in [-0.1, -0.05) is 149 Å². The average Bonchev–Trinajstić information content (AvgIpc) is 1.52. The van der Waals surface area contributed by atoms with E-state index < -0.39 is 52.5 Å². The molecule has 0 aromatic rings. The number of amides is 3. The molecule has 14 nitrogen and oxygen atoms in total. The fourth-order valence-electron chi connectivity index (χ4n) is 38.6. The number of carbonyl (C=O) groups is 4. The summed E-state index contributed by atoms with van der Waals surface area (Å²) in [7, 11) is 0. The second-order valence-electron chi connectivity index (χ2n) is 48.8. The van der Waals surface area contributed by atoms with Crippen LogP contribution in [0.25, 0.3) is 0 Å². The van der Waals surface area contributed by atoms with E-state index in [-0.39, 0.29) is 180 Å². The molecular formula is C95H151N3O11. The zero-order chi connectivity index (χ0) is 77.7. The Labute approximate surface area is 656 Å². The highest BCUT2D eigenvalue weighted by molar-refractivity contribution is 5.90. The molecule has 36 unspecified atom stereocenters. The number of likely N-dealkylation sites (tertiary alicyclic amines) is 3. The summed E-state index contributed by atoms with van der Waals surface area (Å²) in [6, 6.07) is -0.170. The van der Waals surface area contributed by atoms with Gasteiger partial charge >= 0.3 is 5.97 Å². The lowest BCUT2D eigenvalue weighted by atomic mass is 9.46. The van der Waals surface area contributed by atoms with Gasteiger partial charge in [0.05, 0.1) is 52.9 Å². The Balaban J connectivity index is 0.679. The number of carbonyl (C=O) groups excluding carboxylic acids is 3. The zero-order valence-electron chi connectivity index (χ0n) is 70.8. The van der Waals surface area contributed by atoms with Crippen LogP contribution in [0.2, 0.25) is 0 Å². The summed E-state index contributed by atoms with van der Waals surface area (Å²) < 4.78 is 0. The molecule has 15 aliphatic carbocycles. The van der Waals surface area contributed by atoms with Crippen LogP contribution in [0.5, 0.6) is 0 Å². The van der Waals surface area contributed by atoms with Gasteiger partial charge in [-0.15, -0.1) is 0 Å². The summed E-state index contributed by atoms with van der Waals surface area (Å²) in [5.74, 6) is 2.41. The summed E-state index contributed by atoms with van der Waals surface area (Å²) in [5, 5.41) is 88.5. The quantitative estimate of drug-likeness (QED) is 0.115. The van der Waals surface area contributed by atoms with Gasteiger partial charge in [-0.2, -0.15) is 0 Å². The molecule has 3 saturated heterocycles. The van der Waals surface area contributed by atoms with E-state index in [9.17, 15) is 40.5 Å². The molecule has 3 spiro atoms. The molecule has 14 heteroatoms. The van der Waals surface area contributed by atoms with Crippen LogP contribution >= 0.6 is 0 Å². The van der Waals surface area contributed by atoms with Crippen molar-refractivity contribution in [1.82, 2.24) is 14.7 Å². The highest BCUT2D eigenvalue weighted by atomic mass is 16.4. The van der Waals surface area contributed by atoms with Gasteiger partial charge in [-0.3, -0.25) is 19.2 Å². The van der Waals surface area contributed by atoms with Crippen LogP contribution in [0.4, 0.5) is 0 Å². The van der Waals surface area contributed by atoms with Crippen LogP contribution in [-0.2, 0) is 19.2 Å². The fourth-order valence-corrected chi connectivity index (χ4v) is 38.6. The van der Waals surface area contributed by atoms with E-state index in [0.717, 1.165) is 167 Å². The number of fused-ring (bicyclic) bond motifs is 15. The topological polar surface area (TPSA) is 220 Å². The molecular weight excluding hydrogens is 1360 g/mol. The first-order valence-corrected chi connectivity index (χ1v) is 46.2. The van der Waals surface area contributed by atoms with Crippen LogP contribution in [0.15, 0.2) is 0 Å². The van der Waals surface area contributed by atoms with Gasteiger partial charge in [0.25, 0.3) is 0 Å². The maximum absolute atomic E-state index is 18.0. The van der Waals surface area contributed by atoms with Crippen molar-refractivity contribution in [2.75, 3.05) is 19.6 Å². The number of hydrogen-bond donors (Lipinski definition) is 7. The van der Waals surface area contributed by atoms with Gasteiger partial charge in [0, 0.05) is 43.1 Å². The van der Waals surface area contributed by atoms with Gasteiger partial charge in [0.15, 0.2) is 0 Å². The number of aliphatic hydroxyl groups excluding tert-OH is 6. The van der Waals surface area contributed by atoms with Crippen molar-refractivity contribution in [3.8, 4) is 0 Å². The predicted molar refractivity (Wildman–Crippen MR) is 422 cm³/mol. The van der Waals surface area contributed by atoms with Crippen LogP contribution in [0, 0.1) is 189 Å². The first-order chi connectivity index (χ1) is 51.0. The number of carboxylic acid groups (broad SMARTS) is 1. The monoisotopic (exact) mass is 1510 g/mol. The Bertz CT molecular complexity index is 3600. The van der Waals surface area contributed by atoms with E-state index in [1.165, 1.54) is 0 Å². The minimum atomic E-state index is -1.06. The molecule has 18 aliphatic rings. The van der Waals surface area contributed by atoms with Crippen molar-refractivity contribution < 1.29 is 54.9 Å². The Kier molecular flexibility index (Phi) is 18.1. The third-order valence-electron chi connectivity index (χ3n) is 41.8. The van der Waals surface area contributed by atoms with E-state index >= 15 is 14.4 Å². The van der Waals surface area contributed by atoms with Crippen molar-refractivity contribution in [3.63, 3.8) is 0 Å². The predicted octanol–water partition coefficient (Wildman–Crippen LogP) is 15.9. The van der Waals surface area contributed by atoms with Crippen molar-refractivity contribution in [2.45, 2.75) is 358 Å². The largest absolute Gasteiger partial charge is 0.480 e. The molecule has 0 bridgehead atoms. The molecule has 0 radical (unpaired) electrons. The Morgan fingerprint density at radius 1 is 0.303 bits per heavy atom. The van der Waals surface area contributed by atoms with E-state index in [2.05, 4.69) is 121 Å². The molecule has 36 atom stereocenters. The Morgan fingerprint density at radius 3 is 0.899 bits per heavy atom. The molecule has 109 heavy (non-hydrogen) atoms. The smallest absolute Gasteiger partial charge is 0.323 e. The maximum atomic E-state index is 18.0. The van der Waals surface area contributed by atoms with Crippen LogP contribution in [0.3, 0.4) is 0 Å². The van der Waals surface area contributed by atoms with Crippen LogP contribution in [-0.4, -0.2) is 149 Å². The van der Waals surface area contributed by atoms with E-state index in [1.54, 1.807) is 4.90 Å². The molecule has 3 aliphatic heterocycles. The standard InChI is InChI=1S/C95H151N3O11/c1-50-31-55-61(37-74(50)99)92(44-84(55,3)4)46-86(7,8)57-33-67(76(101)39-63(57)92)90(15)52-23-17-20-26-71(52)96(81(90)107)29-30-97-73-28-22-19-25-54(73)95(83(97)109,69-35-59-65(41-78(69)103)93(48-88(59,11)12)45-85(5,6)56-32-51(2)75(100)38-62(56)93)70-36-60-66(42-79(70)104)94(49-89(60,13)14)47-87(9,10)58-34-68(77(102)40-64(58)94)91(16)53-24-18-21-27-72(53)98(82(91)108)43-80(105)106/h50-79,99-104H,17-49H2,1-16H3,(H,105,106). The third kappa shape index (κ3) is 10.6. The third-order valence-corrected chi connectivity index (χ3v) is 41.8. The number of aliphatic hydroxyl groups is 6. The van der Waals surface area contributed by atoms with E-state index in [4.69, 9.17) is 0 Å². The highest BCUT2D eigenvalue weighted by Crippen LogP contribution is 2.82. The Hall–Kier alpha value is -2.36. The molecule has 0 aromatic heterocycles. The maximum Gasteiger partial charge on any atom is 0.323 e. The lowest BCUT2D eigenvalue weighted by molar-refractivity contribution is -0.178. The number of aliphatic carboxylic acids is 1. The van der Waals surface area contributed by atoms with Gasteiger partial charge in [-0.25, -0.2) is 0 Å². The number of hydrogen-bond acceptors (Lipinski definition) is 10. The Morgan fingerprint density at radius 2 is 0.560 bits per heavy atom. The number of rotatable bonds is 9. The highest BCUT2D eigenvalue weighted by Gasteiger charge is 2.79. The second-order valence-corrected chi connectivity index (χ2v) is 48.8. The van der Waals surface area contributed by atoms with Gasteiger partial charge in [0.2, 0.25) is 17.7 Å². The lowest BCUT2D eigenvalue weighted by Gasteiger charge is -2.58. The molecule has 18 rings (SSSR count). The SMILES string of the molecule is CC1CC2C(CC1O)C1(CC2(C)C)CC(C)(C)C2CC(C3(C)C(=O)N(CCN4C(=O)C(C5CC6C(CC5O)C5(CC(C)(C)C7CC(C)C(O)CC75)CC6(C)C)(C5CC6C(CC5O)C5(CC(C)(C)C7CC(C8(C)C(=O)N(CC(=O)O)C9CCCCC98)C(O)CC75)CC6(C)C)C5CCCCC54)C4CCCCC43)C(O)CC21. The van der Waals surface area contributed by atoms with Crippen molar-refractivity contribution in [3.05, 3.63) is 0 Å². The second kappa shape index (κ2) is 25.3. The minimum Gasteiger partial charge on any atom is -0.480 e. The van der Waals surface area contributed by atoms with E-state index in [1.807, 2.05) is 0 Å². The minimum absolute atomic E-state index is 0.00192. The van der Waals surface area contributed by atoms with Crippen molar-refractivity contribution in [2.24, 2.45) is 189 Å². The summed E-state index contributed by atoms with van der Waals surface area (Å²) in [6.45, 7) is 39.4. The molecule has 3 amide bonds. The van der Waals surface area contributed by atoms with E-state index in [0.29, 0.717) is 80.2 Å².